The summed E-state index contributed by atoms with van der Waals surface area (Å²) in [4.78, 5) is 0. The van der Waals surface area contributed by atoms with Gasteiger partial charge in [-0.3, -0.25) is 0 Å². The highest BCUT2D eigenvalue weighted by molar-refractivity contribution is 7.80. The van der Waals surface area contributed by atoms with E-state index in [0.29, 0.717) is 24.9 Å². The van der Waals surface area contributed by atoms with Crippen molar-refractivity contribution in [1.29, 1.82) is 0 Å². The molecule has 0 aliphatic rings. The topological polar surface area (TPSA) is 51.8 Å². The monoisotopic (exact) mass is 388 g/mol. The number of thiocarbonyl (C=S) groups is 1. The summed E-state index contributed by atoms with van der Waals surface area (Å²) >= 11 is 5.44. The first-order chi connectivity index (χ1) is 13.1. The summed E-state index contributed by atoms with van der Waals surface area (Å²) in [6.07, 6.45) is 0. The fraction of sp³-hybridized carbons (Fsp3) is 0.381. The van der Waals surface area contributed by atoms with Gasteiger partial charge in [0.25, 0.3) is 0 Å². The summed E-state index contributed by atoms with van der Waals surface area (Å²) in [6.45, 7) is 9.77. The molecule has 0 amide bonds. The Hall–Kier alpha value is -2.47. The molecule has 0 radical (unpaired) electrons. The van der Waals surface area contributed by atoms with Gasteiger partial charge in [0.15, 0.2) is 16.6 Å². The third kappa shape index (κ3) is 6.32. The van der Waals surface area contributed by atoms with Gasteiger partial charge in [-0.15, -0.1) is 0 Å². The molecule has 27 heavy (non-hydrogen) atoms. The molecule has 2 rings (SSSR count). The molecular formula is C21H28N2O3S. The normalized spacial score (nSPS) is 11.4. The molecule has 0 aliphatic heterocycles. The van der Waals surface area contributed by atoms with E-state index < -0.39 is 0 Å². The van der Waals surface area contributed by atoms with Gasteiger partial charge in [-0.1, -0.05) is 6.07 Å². The largest absolute Gasteiger partial charge is 0.494 e. The van der Waals surface area contributed by atoms with Crippen LogP contribution in [0.4, 0.5) is 5.69 Å². The number of hydrogen-bond acceptors (Lipinski definition) is 4. The summed E-state index contributed by atoms with van der Waals surface area (Å²) in [6, 6.07) is 13.7. The summed E-state index contributed by atoms with van der Waals surface area (Å²) in [5.41, 5.74) is 1.97. The number of benzene rings is 2. The SMILES string of the molecule is CCOc1ccc(NC(=S)NC(C)c2ccc(OCC)c(OCC)c2)cc1. The van der Waals surface area contributed by atoms with Gasteiger partial charge in [0, 0.05) is 5.69 Å². The number of anilines is 1. The quantitative estimate of drug-likeness (QED) is 0.594. The van der Waals surface area contributed by atoms with E-state index in [9.17, 15) is 0 Å². The lowest BCUT2D eigenvalue weighted by Gasteiger charge is -2.19. The van der Waals surface area contributed by atoms with Crippen molar-refractivity contribution in [3.63, 3.8) is 0 Å². The zero-order valence-electron chi connectivity index (χ0n) is 16.4. The maximum absolute atomic E-state index is 5.70. The van der Waals surface area contributed by atoms with Gasteiger partial charge in [-0.2, -0.15) is 0 Å². The van der Waals surface area contributed by atoms with E-state index in [2.05, 4.69) is 17.6 Å². The molecule has 0 heterocycles. The van der Waals surface area contributed by atoms with E-state index >= 15 is 0 Å². The molecule has 2 N–H and O–H groups in total. The predicted molar refractivity (Wildman–Crippen MR) is 114 cm³/mol. The van der Waals surface area contributed by atoms with E-state index in [-0.39, 0.29) is 6.04 Å². The van der Waals surface area contributed by atoms with E-state index in [1.165, 1.54) is 0 Å². The number of rotatable bonds is 9. The molecule has 0 aromatic heterocycles. The smallest absolute Gasteiger partial charge is 0.171 e. The van der Waals surface area contributed by atoms with Crippen LogP contribution in [0, 0.1) is 0 Å². The number of ether oxygens (including phenoxy) is 3. The van der Waals surface area contributed by atoms with Crippen LogP contribution < -0.4 is 24.8 Å². The summed E-state index contributed by atoms with van der Waals surface area (Å²) < 4.78 is 16.8. The van der Waals surface area contributed by atoms with Crippen molar-refractivity contribution in [2.24, 2.45) is 0 Å². The van der Waals surface area contributed by atoms with Crippen LogP contribution in [0.5, 0.6) is 17.2 Å². The van der Waals surface area contributed by atoms with Crippen molar-refractivity contribution in [3.8, 4) is 17.2 Å². The highest BCUT2D eigenvalue weighted by Gasteiger charge is 2.12. The number of nitrogens with one attached hydrogen (secondary N) is 2. The lowest BCUT2D eigenvalue weighted by atomic mass is 10.1. The minimum absolute atomic E-state index is 0.0163. The molecule has 0 aliphatic carbocycles. The maximum atomic E-state index is 5.70. The minimum Gasteiger partial charge on any atom is -0.494 e. The summed E-state index contributed by atoms with van der Waals surface area (Å²) in [5.74, 6) is 2.34. The van der Waals surface area contributed by atoms with Gasteiger partial charge in [-0.05, 0) is 81.9 Å². The van der Waals surface area contributed by atoms with Crippen LogP contribution in [0.2, 0.25) is 0 Å². The van der Waals surface area contributed by atoms with Crippen LogP contribution in [0.3, 0.4) is 0 Å². The summed E-state index contributed by atoms with van der Waals surface area (Å²) in [5, 5.41) is 7.04. The molecule has 0 saturated heterocycles. The standard InChI is InChI=1S/C21H28N2O3S/c1-5-24-18-11-9-17(10-12-18)23-21(27)22-15(4)16-8-13-19(25-6-2)20(14-16)26-7-3/h8-15H,5-7H2,1-4H3,(H2,22,23,27). The van der Waals surface area contributed by atoms with Crippen LogP contribution in [-0.2, 0) is 0 Å². The Labute approximate surface area is 167 Å². The maximum Gasteiger partial charge on any atom is 0.171 e. The number of hydrogen-bond donors (Lipinski definition) is 2. The van der Waals surface area contributed by atoms with Gasteiger partial charge in [0.05, 0.1) is 25.9 Å². The second kappa shape index (κ2) is 10.6. The van der Waals surface area contributed by atoms with Crippen LogP contribution in [0.25, 0.3) is 0 Å². The molecule has 5 nitrogen and oxygen atoms in total. The van der Waals surface area contributed by atoms with E-state index in [1.54, 1.807) is 0 Å². The second-order valence-electron chi connectivity index (χ2n) is 5.85. The molecule has 0 saturated carbocycles. The van der Waals surface area contributed by atoms with Crippen LogP contribution in [0.15, 0.2) is 42.5 Å². The third-order valence-electron chi connectivity index (χ3n) is 3.84. The third-order valence-corrected chi connectivity index (χ3v) is 4.06. The Morgan fingerprint density at radius 2 is 1.52 bits per heavy atom. The van der Waals surface area contributed by atoms with Crippen molar-refractivity contribution in [2.45, 2.75) is 33.7 Å². The first-order valence-corrected chi connectivity index (χ1v) is 9.68. The van der Waals surface area contributed by atoms with Crippen LogP contribution >= 0.6 is 12.2 Å². The van der Waals surface area contributed by atoms with Crippen molar-refractivity contribution >= 4 is 23.0 Å². The Balaban J connectivity index is 1.99. The predicted octanol–water partition coefficient (Wildman–Crippen LogP) is 4.93. The molecule has 2 aromatic carbocycles. The zero-order valence-corrected chi connectivity index (χ0v) is 17.2. The van der Waals surface area contributed by atoms with Crippen molar-refractivity contribution in [2.75, 3.05) is 25.1 Å². The van der Waals surface area contributed by atoms with Gasteiger partial charge in [-0.25, -0.2) is 0 Å². The van der Waals surface area contributed by atoms with Gasteiger partial charge < -0.3 is 24.8 Å². The fourth-order valence-electron chi connectivity index (χ4n) is 2.59. The van der Waals surface area contributed by atoms with Crippen molar-refractivity contribution < 1.29 is 14.2 Å². The molecule has 6 heteroatoms. The molecule has 1 unspecified atom stereocenters. The molecule has 146 valence electrons. The average molecular weight is 389 g/mol. The van der Waals surface area contributed by atoms with E-state index in [4.69, 9.17) is 26.4 Å². The first-order valence-electron chi connectivity index (χ1n) is 9.27. The molecule has 2 aromatic rings. The minimum atomic E-state index is 0.0163. The Kier molecular flexibility index (Phi) is 8.20. The molecule has 1 atom stereocenters. The lowest BCUT2D eigenvalue weighted by Crippen LogP contribution is -2.30. The highest BCUT2D eigenvalue weighted by Crippen LogP contribution is 2.30. The fourth-order valence-corrected chi connectivity index (χ4v) is 2.88. The van der Waals surface area contributed by atoms with E-state index in [0.717, 1.165) is 28.5 Å². The Bertz CT molecular complexity index is 735. The summed E-state index contributed by atoms with van der Waals surface area (Å²) in [7, 11) is 0. The molecular weight excluding hydrogens is 360 g/mol. The van der Waals surface area contributed by atoms with Crippen LogP contribution in [0.1, 0.15) is 39.3 Å². The van der Waals surface area contributed by atoms with Crippen molar-refractivity contribution in [1.82, 2.24) is 5.32 Å². The lowest BCUT2D eigenvalue weighted by molar-refractivity contribution is 0.287. The van der Waals surface area contributed by atoms with Crippen molar-refractivity contribution in [3.05, 3.63) is 48.0 Å². The molecule has 0 fully saturated rings. The molecule has 0 spiro atoms. The van der Waals surface area contributed by atoms with Crippen LogP contribution in [-0.4, -0.2) is 24.9 Å². The molecule has 0 bridgehead atoms. The van der Waals surface area contributed by atoms with Gasteiger partial charge in [0.2, 0.25) is 0 Å². The van der Waals surface area contributed by atoms with E-state index in [1.807, 2.05) is 63.2 Å². The van der Waals surface area contributed by atoms with Gasteiger partial charge in [0.1, 0.15) is 5.75 Å². The van der Waals surface area contributed by atoms with Gasteiger partial charge >= 0.3 is 0 Å². The average Bonchev–Trinajstić information content (AvgIpc) is 2.65. The first kappa shape index (κ1) is 20.8. The Morgan fingerprint density at radius 3 is 2.15 bits per heavy atom. The Morgan fingerprint density at radius 1 is 0.889 bits per heavy atom. The second-order valence-corrected chi connectivity index (χ2v) is 6.26. The zero-order chi connectivity index (χ0) is 19.6. The highest BCUT2D eigenvalue weighted by atomic mass is 32.1.